The number of fused-ring (bicyclic) bond motifs is 4. The first-order valence-electron chi connectivity index (χ1n) is 10.4. The molecule has 3 aromatic rings. The van der Waals surface area contributed by atoms with E-state index >= 15 is 0 Å². The molecule has 2 aliphatic rings. The molecule has 1 aliphatic carbocycles. The van der Waals surface area contributed by atoms with Gasteiger partial charge in [-0.15, -0.1) is 0 Å². The van der Waals surface area contributed by atoms with Crippen LogP contribution in [0.25, 0.3) is 11.1 Å². The summed E-state index contributed by atoms with van der Waals surface area (Å²) in [6.45, 7) is 2.68. The van der Waals surface area contributed by atoms with Crippen LogP contribution in [0.4, 0.5) is 4.79 Å². The zero-order valence-electron chi connectivity index (χ0n) is 17.2. The molecule has 0 bridgehead atoms. The van der Waals surface area contributed by atoms with Crippen LogP contribution in [-0.4, -0.2) is 45.0 Å². The van der Waals surface area contributed by atoms with Gasteiger partial charge in [-0.1, -0.05) is 48.5 Å². The maximum atomic E-state index is 13.0. The van der Waals surface area contributed by atoms with Gasteiger partial charge in [0.2, 0.25) is 0 Å². The lowest BCUT2D eigenvalue weighted by Gasteiger charge is -2.23. The molecular formula is C24H23N3O4. The molecule has 0 fully saturated rings. The maximum Gasteiger partial charge on any atom is 0.410 e. The molecule has 1 N–H and O–H groups in total. The third kappa shape index (κ3) is 3.46. The van der Waals surface area contributed by atoms with Gasteiger partial charge in [0.25, 0.3) is 0 Å². The highest BCUT2D eigenvalue weighted by atomic mass is 16.6. The van der Waals surface area contributed by atoms with Crippen molar-refractivity contribution in [2.75, 3.05) is 13.2 Å². The van der Waals surface area contributed by atoms with E-state index in [2.05, 4.69) is 29.4 Å². The molecule has 1 atom stereocenters. The zero-order valence-corrected chi connectivity index (χ0v) is 17.2. The SMILES string of the molecule is Cc1cc2n(n1)CC(C(=O)O)CN(C(=O)OCC1c3ccccc3-c3ccccc31)C2. The first kappa shape index (κ1) is 19.4. The summed E-state index contributed by atoms with van der Waals surface area (Å²) in [5.41, 5.74) is 6.23. The van der Waals surface area contributed by atoms with Crippen molar-refractivity contribution in [3.63, 3.8) is 0 Å². The van der Waals surface area contributed by atoms with E-state index in [1.165, 1.54) is 16.0 Å². The number of benzene rings is 2. The van der Waals surface area contributed by atoms with Gasteiger partial charge in [0.05, 0.1) is 30.4 Å². The largest absolute Gasteiger partial charge is 0.481 e. The molecule has 7 heteroatoms. The molecule has 7 nitrogen and oxygen atoms in total. The monoisotopic (exact) mass is 417 g/mol. The minimum atomic E-state index is -0.947. The fourth-order valence-corrected chi connectivity index (χ4v) is 4.66. The Bertz CT molecular complexity index is 1120. The molecule has 31 heavy (non-hydrogen) atoms. The molecule has 1 aromatic heterocycles. The fourth-order valence-electron chi connectivity index (χ4n) is 4.66. The molecule has 2 aromatic carbocycles. The minimum Gasteiger partial charge on any atom is -0.481 e. The van der Waals surface area contributed by atoms with Crippen LogP contribution in [0.3, 0.4) is 0 Å². The van der Waals surface area contributed by atoms with E-state index in [0.717, 1.165) is 22.5 Å². The number of ether oxygens (including phenoxy) is 1. The number of nitrogens with zero attached hydrogens (tertiary/aromatic N) is 3. The van der Waals surface area contributed by atoms with Crippen molar-refractivity contribution in [3.05, 3.63) is 77.1 Å². The van der Waals surface area contributed by atoms with Crippen molar-refractivity contribution in [2.24, 2.45) is 5.92 Å². The first-order valence-corrected chi connectivity index (χ1v) is 10.4. The van der Waals surface area contributed by atoms with Gasteiger partial charge < -0.3 is 14.7 Å². The van der Waals surface area contributed by atoms with Gasteiger partial charge in [-0.05, 0) is 35.2 Å². The Balaban J connectivity index is 1.36. The molecule has 1 amide bonds. The summed E-state index contributed by atoms with van der Waals surface area (Å²) in [6.07, 6.45) is -0.500. The Morgan fingerprint density at radius 1 is 1.06 bits per heavy atom. The predicted octanol–water partition coefficient (Wildman–Crippen LogP) is 3.66. The van der Waals surface area contributed by atoms with E-state index in [0.29, 0.717) is 0 Å². The van der Waals surface area contributed by atoms with Crippen LogP contribution in [0.5, 0.6) is 0 Å². The predicted molar refractivity (Wildman–Crippen MR) is 114 cm³/mol. The number of carbonyl (C=O) groups excluding carboxylic acids is 1. The highest BCUT2D eigenvalue weighted by molar-refractivity contribution is 5.79. The Morgan fingerprint density at radius 3 is 2.35 bits per heavy atom. The number of hydrogen-bond acceptors (Lipinski definition) is 4. The lowest BCUT2D eigenvalue weighted by atomic mass is 9.98. The molecule has 158 valence electrons. The average Bonchev–Trinajstić information content (AvgIpc) is 3.21. The van der Waals surface area contributed by atoms with Crippen molar-refractivity contribution in [1.29, 1.82) is 0 Å². The lowest BCUT2D eigenvalue weighted by molar-refractivity contribution is -0.142. The minimum absolute atomic E-state index is 0.0358. The second-order valence-corrected chi connectivity index (χ2v) is 8.18. The summed E-state index contributed by atoms with van der Waals surface area (Å²) in [4.78, 5) is 26.2. The third-order valence-corrected chi connectivity index (χ3v) is 6.12. The summed E-state index contributed by atoms with van der Waals surface area (Å²) >= 11 is 0. The van der Waals surface area contributed by atoms with Crippen molar-refractivity contribution < 1.29 is 19.4 Å². The highest BCUT2D eigenvalue weighted by Crippen LogP contribution is 2.44. The standard InChI is InChI=1S/C24H23N3O4/c1-15-10-17-13-26(11-16(23(28)29)12-27(17)25-15)24(30)31-14-22-20-8-4-2-6-18(20)19-7-3-5-9-21(19)22/h2-10,16,22H,11-14H2,1H3,(H,28,29). The quantitative estimate of drug-likeness (QED) is 0.703. The maximum absolute atomic E-state index is 13.0. The summed E-state index contributed by atoms with van der Waals surface area (Å²) in [7, 11) is 0. The molecular weight excluding hydrogens is 394 g/mol. The second-order valence-electron chi connectivity index (χ2n) is 8.18. The summed E-state index contributed by atoms with van der Waals surface area (Å²) in [5, 5.41) is 14.0. The van der Waals surface area contributed by atoms with Gasteiger partial charge in [0.15, 0.2) is 0 Å². The first-order chi connectivity index (χ1) is 15.0. The number of carbonyl (C=O) groups is 2. The number of carboxylic acids is 1. The smallest absolute Gasteiger partial charge is 0.410 e. The Morgan fingerprint density at radius 2 is 1.71 bits per heavy atom. The van der Waals surface area contributed by atoms with E-state index < -0.39 is 18.0 Å². The number of hydrogen-bond donors (Lipinski definition) is 1. The van der Waals surface area contributed by atoms with Crippen molar-refractivity contribution in [2.45, 2.75) is 25.9 Å². The summed E-state index contributed by atoms with van der Waals surface area (Å²) < 4.78 is 7.43. The topological polar surface area (TPSA) is 84.7 Å². The lowest BCUT2D eigenvalue weighted by Crippen LogP contribution is -2.37. The van der Waals surface area contributed by atoms with Crippen molar-refractivity contribution >= 4 is 12.1 Å². The van der Waals surface area contributed by atoms with Gasteiger partial charge >= 0.3 is 12.1 Å². The fraction of sp³-hybridized carbons (Fsp3) is 0.292. The van der Waals surface area contributed by atoms with Crippen LogP contribution >= 0.6 is 0 Å². The average molecular weight is 417 g/mol. The molecule has 5 rings (SSSR count). The Kier molecular flexibility index (Phi) is 4.73. The van der Waals surface area contributed by atoms with E-state index in [1.807, 2.05) is 37.3 Å². The van der Waals surface area contributed by atoms with Gasteiger partial charge in [-0.3, -0.25) is 9.48 Å². The summed E-state index contributed by atoms with van der Waals surface area (Å²) in [5.74, 6) is -1.72. The van der Waals surface area contributed by atoms with Gasteiger partial charge in [-0.2, -0.15) is 5.10 Å². The number of aliphatic carboxylic acids is 1. The van der Waals surface area contributed by atoms with Crippen LogP contribution in [0.1, 0.15) is 28.4 Å². The molecule has 0 saturated heterocycles. The van der Waals surface area contributed by atoms with Gasteiger partial charge in [0.1, 0.15) is 6.61 Å². The van der Waals surface area contributed by atoms with Gasteiger partial charge in [-0.25, -0.2) is 4.79 Å². The van der Waals surface area contributed by atoms with Crippen LogP contribution in [0.15, 0.2) is 54.6 Å². The molecule has 1 unspecified atom stereocenters. The van der Waals surface area contributed by atoms with Crippen LogP contribution in [-0.2, 0) is 22.6 Å². The Labute approximate surface area is 179 Å². The second kappa shape index (κ2) is 7.58. The third-order valence-electron chi connectivity index (χ3n) is 6.12. The number of amides is 1. The van der Waals surface area contributed by atoms with E-state index in [-0.39, 0.29) is 32.2 Å². The molecule has 2 heterocycles. The highest BCUT2D eigenvalue weighted by Gasteiger charge is 2.33. The van der Waals surface area contributed by atoms with Crippen molar-refractivity contribution in [3.8, 4) is 11.1 Å². The van der Waals surface area contributed by atoms with Crippen molar-refractivity contribution in [1.82, 2.24) is 14.7 Å². The van der Waals surface area contributed by atoms with E-state index in [1.54, 1.807) is 4.68 Å². The molecule has 1 aliphatic heterocycles. The summed E-state index contributed by atoms with van der Waals surface area (Å²) in [6, 6.07) is 18.2. The molecule has 0 radical (unpaired) electrons. The number of carboxylic acid groups (broad SMARTS) is 1. The number of rotatable bonds is 3. The molecule has 0 saturated carbocycles. The molecule has 0 spiro atoms. The van der Waals surface area contributed by atoms with E-state index in [4.69, 9.17) is 4.74 Å². The van der Waals surface area contributed by atoms with Gasteiger partial charge in [0, 0.05) is 12.5 Å². The number of aryl methyl sites for hydroxylation is 1. The Hall–Kier alpha value is -3.61. The van der Waals surface area contributed by atoms with E-state index in [9.17, 15) is 14.7 Å². The van der Waals surface area contributed by atoms with Crippen LogP contribution in [0, 0.1) is 12.8 Å². The van der Waals surface area contributed by atoms with Crippen LogP contribution < -0.4 is 0 Å². The normalized spacial score (nSPS) is 17.5. The van der Waals surface area contributed by atoms with Crippen LogP contribution in [0.2, 0.25) is 0 Å². The number of aromatic nitrogens is 2. The zero-order chi connectivity index (χ0) is 21.5.